The van der Waals surface area contributed by atoms with Crippen LogP contribution in [-0.4, -0.2) is 11.3 Å². The van der Waals surface area contributed by atoms with E-state index in [-0.39, 0.29) is 9.13 Å². The minimum absolute atomic E-state index is 0.0100. The van der Waals surface area contributed by atoms with Gasteiger partial charge in [-0.25, -0.2) is 4.98 Å². The van der Waals surface area contributed by atoms with E-state index in [0.717, 1.165) is 13.0 Å². The van der Waals surface area contributed by atoms with Gasteiger partial charge in [-0.1, -0.05) is 0 Å². The van der Waals surface area contributed by atoms with Crippen molar-refractivity contribution in [2.75, 3.05) is 0 Å². The summed E-state index contributed by atoms with van der Waals surface area (Å²) in [6.45, 7) is 1.12. The van der Waals surface area contributed by atoms with Crippen molar-refractivity contribution in [1.82, 2.24) is 4.98 Å². The molecule has 1 heterocycles. The van der Waals surface area contributed by atoms with Gasteiger partial charge in [0.2, 0.25) is 5.88 Å². The zero-order chi connectivity index (χ0) is 13.4. The normalized spacial score (nSPS) is 12.7. The molecule has 0 amide bonds. The van der Waals surface area contributed by atoms with Gasteiger partial charge in [0, 0.05) is 9.64 Å². The molecule has 17 heavy (non-hydrogen) atoms. The third-order valence-corrected chi connectivity index (χ3v) is 2.79. The van der Waals surface area contributed by atoms with E-state index in [0.29, 0.717) is 0 Å². The van der Waals surface area contributed by atoms with Gasteiger partial charge in [-0.2, -0.15) is 13.2 Å². The number of aromatic nitrogens is 1. The van der Waals surface area contributed by atoms with E-state index < -0.39 is 24.1 Å². The molecule has 0 spiro atoms. The molecule has 9 heteroatoms. The van der Waals surface area contributed by atoms with E-state index in [1.54, 1.807) is 0 Å². The van der Waals surface area contributed by atoms with Gasteiger partial charge in [0.15, 0.2) is 5.69 Å². The molecule has 0 N–H and O–H groups in total. The van der Waals surface area contributed by atoms with Gasteiger partial charge in [0.05, 0.1) is 0 Å². The molecule has 1 aromatic rings. The van der Waals surface area contributed by atoms with Crippen LogP contribution in [-0.2, 0) is 6.18 Å². The molecule has 0 aromatic carbocycles. The highest BCUT2D eigenvalue weighted by Crippen LogP contribution is 2.34. The third kappa shape index (κ3) is 3.89. The van der Waals surface area contributed by atoms with Crippen LogP contribution >= 0.6 is 22.6 Å². The summed E-state index contributed by atoms with van der Waals surface area (Å²) in [5.74, 6) is -1.13. The number of ether oxygens (including phenoxy) is 1. The number of rotatable bonds is 1. The summed E-state index contributed by atoms with van der Waals surface area (Å²) in [7, 11) is 0. The number of hydrogen-bond acceptors (Lipinski definition) is 2. The monoisotopic (exact) mass is 371 g/mol. The summed E-state index contributed by atoms with van der Waals surface area (Å²) in [6.07, 6.45) is -9.90. The van der Waals surface area contributed by atoms with E-state index in [1.165, 1.54) is 22.6 Å². The number of pyridine rings is 1. The van der Waals surface area contributed by atoms with Gasteiger partial charge in [0.1, 0.15) is 0 Å². The Morgan fingerprint density at radius 1 is 1.18 bits per heavy atom. The zero-order valence-corrected chi connectivity index (χ0v) is 10.2. The molecule has 0 saturated heterocycles. The minimum Gasteiger partial charge on any atom is -0.388 e. The fraction of sp³-hybridized carbons (Fsp3) is 0.375. The molecule has 0 aliphatic rings. The summed E-state index contributed by atoms with van der Waals surface area (Å²) < 4.78 is 76.2. The Hall–Kier alpha value is -0.740. The Balaban J connectivity index is 3.25. The van der Waals surface area contributed by atoms with Gasteiger partial charge in [-0.3, -0.25) is 0 Å². The number of halogens is 7. The van der Waals surface area contributed by atoms with Crippen LogP contribution in [0.3, 0.4) is 0 Å². The Kier molecular flexibility index (Phi) is 3.79. The van der Waals surface area contributed by atoms with Gasteiger partial charge in [-0.15, -0.1) is 13.2 Å². The molecule has 2 nitrogen and oxygen atoms in total. The van der Waals surface area contributed by atoms with Crippen LogP contribution in [0.4, 0.5) is 26.3 Å². The average molecular weight is 371 g/mol. The molecule has 96 valence electrons. The van der Waals surface area contributed by atoms with Crippen molar-refractivity contribution in [3.05, 3.63) is 20.9 Å². The summed E-state index contributed by atoms with van der Waals surface area (Å²) in [5, 5.41) is 0. The van der Waals surface area contributed by atoms with E-state index >= 15 is 0 Å². The molecular formula is C8H4F6INO. The number of hydrogen-bond donors (Lipinski definition) is 0. The molecule has 0 radical (unpaired) electrons. The highest BCUT2D eigenvalue weighted by molar-refractivity contribution is 14.1. The van der Waals surface area contributed by atoms with Crippen molar-refractivity contribution in [2.24, 2.45) is 0 Å². The second kappa shape index (κ2) is 4.50. The molecule has 0 aliphatic heterocycles. The lowest BCUT2D eigenvalue weighted by Gasteiger charge is -2.14. The predicted octanol–water partition coefficient (Wildman–Crippen LogP) is 3.91. The van der Waals surface area contributed by atoms with Crippen molar-refractivity contribution in [3.8, 4) is 5.88 Å². The average Bonchev–Trinajstić information content (AvgIpc) is 2.06. The first-order valence-electron chi connectivity index (χ1n) is 4.01. The lowest BCUT2D eigenvalue weighted by atomic mass is 10.2. The van der Waals surface area contributed by atoms with Crippen LogP contribution in [0.15, 0.2) is 6.07 Å². The van der Waals surface area contributed by atoms with Crippen LogP contribution in [0, 0.1) is 10.5 Å². The molecule has 0 saturated carbocycles. The van der Waals surface area contributed by atoms with Crippen LogP contribution < -0.4 is 4.74 Å². The number of alkyl halides is 6. The highest BCUT2D eigenvalue weighted by atomic mass is 127. The lowest BCUT2D eigenvalue weighted by molar-refractivity contribution is -0.276. The van der Waals surface area contributed by atoms with Gasteiger partial charge in [-0.05, 0) is 35.1 Å². The first-order valence-corrected chi connectivity index (χ1v) is 5.08. The van der Waals surface area contributed by atoms with E-state index in [4.69, 9.17) is 0 Å². The molecule has 0 atom stereocenters. The lowest BCUT2D eigenvalue weighted by Crippen LogP contribution is -2.20. The van der Waals surface area contributed by atoms with Crippen LogP contribution in [0.5, 0.6) is 5.88 Å². The Bertz CT molecular complexity index is 427. The minimum atomic E-state index is -5.08. The van der Waals surface area contributed by atoms with Crippen molar-refractivity contribution < 1.29 is 31.1 Å². The quantitative estimate of drug-likeness (QED) is 0.552. The molecular weight excluding hydrogens is 367 g/mol. The standard InChI is InChI=1S/C8H4F6INO/c1-3-4(15)2-5(17-8(12,13)14)16-6(3)7(9,10)11/h2H,1H3. The van der Waals surface area contributed by atoms with Gasteiger partial charge < -0.3 is 4.74 Å². The Morgan fingerprint density at radius 2 is 1.71 bits per heavy atom. The first kappa shape index (κ1) is 14.3. The highest BCUT2D eigenvalue weighted by Gasteiger charge is 2.38. The third-order valence-electron chi connectivity index (χ3n) is 1.67. The SMILES string of the molecule is Cc1c(I)cc(OC(F)(F)F)nc1C(F)(F)F. The first-order chi connectivity index (χ1) is 7.50. The smallest absolute Gasteiger partial charge is 0.388 e. The topological polar surface area (TPSA) is 22.1 Å². The van der Waals surface area contributed by atoms with Crippen LogP contribution in [0.1, 0.15) is 11.3 Å². The maximum Gasteiger partial charge on any atom is 0.574 e. The molecule has 0 bridgehead atoms. The summed E-state index contributed by atoms with van der Waals surface area (Å²) in [5.41, 5.74) is -1.63. The maximum atomic E-state index is 12.4. The maximum absolute atomic E-state index is 12.4. The summed E-state index contributed by atoms with van der Waals surface area (Å²) >= 11 is 1.48. The van der Waals surface area contributed by atoms with Gasteiger partial charge >= 0.3 is 12.5 Å². The second-order valence-electron chi connectivity index (χ2n) is 2.96. The van der Waals surface area contributed by atoms with Crippen molar-refractivity contribution in [3.63, 3.8) is 0 Å². The molecule has 0 fully saturated rings. The fourth-order valence-corrected chi connectivity index (χ4v) is 1.52. The predicted molar refractivity (Wildman–Crippen MR) is 53.4 cm³/mol. The largest absolute Gasteiger partial charge is 0.574 e. The molecule has 0 aliphatic carbocycles. The van der Waals surface area contributed by atoms with Crippen molar-refractivity contribution in [2.45, 2.75) is 19.5 Å². The second-order valence-corrected chi connectivity index (χ2v) is 4.12. The number of nitrogens with zero attached hydrogens (tertiary/aromatic N) is 1. The molecule has 0 unspecified atom stereocenters. The van der Waals surface area contributed by atoms with Crippen molar-refractivity contribution in [1.29, 1.82) is 0 Å². The Labute approximate surface area is 105 Å². The Morgan fingerprint density at radius 3 is 2.12 bits per heavy atom. The van der Waals surface area contributed by atoms with Gasteiger partial charge in [0.25, 0.3) is 0 Å². The van der Waals surface area contributed by atoms with Crippen LogP contribution in [0.25, 0.3) is 0 Å². The molecule has 1 aromatic heterocycles. The fourth-order valence-electron chi connectivity index (χ4n) is 1.00. The van der Waals surface area contributed by atoms with E-state index in [9.17, 15) is 26.3 Å². The summed E-state index contributed by atoms with van der Waals surface area (Å²) in [4.78, 5) is 2.82. The summed E-state index contributed by atoms with van der Waals surface area (Å²) in [6, 6.07) is 0.790. The van der Waals surface area contributed by atoms with E-state index in [2.05, 4.69) is 9.72 Å². The molecule has 1 rings (SSSR count). The zero-order valence-electron chi connectivity index (χ0n) is 8.08. The van der Waals surface area contributed by atoms with Crippen LogP contribution in [0.2, 0.25) is 0 Å². The van der Waals surface area contributed by atoms with Crippen molar-refractivity contribution >= 4 is 22.6 Å². The van der Waals surface area contributed by atoms with E-state index in [1.807, 2.05) is 0 Å².